The summed E-state index contributed by atoms with van der Waals surface area (Å²) in [7, 11) is 0. The highest BCUT2D eigenvalue weighted by atomic mass is 32.1. The Labute approximate surface area is 112 Å². The molecule has 1 aliphatic heterocycles. The van der Waals surface area contributed by atoms with Crippen LogP contribution in [0.5, 0.6) is 5.75 Å². The number of hydrogen-bond donors (Lipinski definition) is 1. The zero-order valence-corrected chi connectivity index (χ0v) is 11.6. The van der Waals surface area contributed by atoms with Crippen molar-refractivity contribution >= 4 is 21.4 Å². The zero-order valence-electron chi connectivity index (χ0n) is 10.7. The van der Waals surface area contributed by atoms with E-state index in [0.717, 1.165) is 31.4 Å². The highest BCUT2D eigenvalue weighted by molar-refractivity contribution is 7.17. The Hall–Kier alpha value is -1.06. The van der Waals surface area contributed by atoms with Gasteiger partial charge in [0, 0.05) is 4.70 Å². The minimum atomic E-state index is 0.719. The van der Waals surface area contributed by atoms with Crippen molar-refractivity contribution in [2.24, 2.45) is 0 Å². The summed E-state index contributed by atoms with van der Waals surface area (Å²) < 4.78 is 7.00. The molecular weight excluding hydrogens is 242 g/mol. The van der Waals surface area contributed by atoms with Gasteiger partial charge >= 0.3 is 0 Å². The van der Waals surface area contributed by atoms with Gasteiger partial charge in [-0.2, -0.15) is 0 Å². The summed E-state index contributed by atoms with van der Waals surface area (Å²) in [5, 5.41) is 7.18. The van der Waals surface area contributed by atoms with Crippen LogP contribution in [0.2, 0.25) is 0 Å². The van der Waals surface area contributed by atoms with Crippen LogP contribution in [0.3, 0.4) is 0 Å². The van der Waals surface area contributed by atoms with Crippen molar-refractivity contribution in [3.05, 3.63) is 29.1 Å². The molecule has 2 heterocycles. The molecule has 0 spiro atoms. The van der Waals surface area contributed by atoms with E-state index in [1.807, 2.05) is 18.3 Å². The van der Waals surface area contributed by atoms with Gasteiger partial charge in [-0.3, -0.25) is 0 Å². The van der Waals surface area contributed by atoms with Crippen molar-refractivity contribution in [3.8, 4) is 5.75 Å². The van der Waals surface area contributed by atoms with Crippen LogP contribution in [0.1, 0.15) is 31.2 Å². The van der Waals surface area contributed by atoms with Gasteiger partial charge in [-0.25, -0.2) is 0 Å². The monoisotopic (exact) mass is 261 g/mol. The summed E-state index contributed by atoms with van der Waals surface area (Å²) >= 11 is 1.86. The first-order chi connectivity index (χ1) is 8.88. The van der Waals surface area contributed by atoms with Crippen LogP contribution in [-0.2, 0) is 0 Å². The third-order valence-corrected chi connectivity index (χ3v) is 4.65. The molecule has 0 unspecified atom stereocenters. The van der Waals surface area contributed by atoms with Crippen molar-refractivity contribution in [1.29, 1.82) is 0 Å². The van der Waals surface area contributed by atoms with Crippen LogP contribution in [0.15, 0.2) is 23.6 Å². The van der Waals surface area contributed by atoms with E-state index in [1.165, 1.54) is 28.5 Å². The van der Waals surface area contributed by atoms with E-state index in [-0.39, 0.29) is 0 Å². The summed E-state index contributed by atoms with van der Waals surface area (Å²) in [5.41, 5.74) is 1.53. The molecule has 0 saturated carbocycles. The molecule has 3 rings (SSSR count). The van der Waals surface area contributed by atoms with Crippen LogP contribution in [0.25, 0.3) is 10.1 Å². The first kappa shape index (κ1) is 12.0. The van der Waals surface area contributed by atoms with Crippen LogP contribution < -0.4 is 10.1 Å². The highest BCUT2D eigenvalue weighted by Crippen LogP contribution is 2.37. The third-order valence-electron chi connectivity index (χ3n) is 3.66. The number of fused-ring (bicyclic) bond motifs is 1. The van der Waals surface area contributed by atoms with Gasteiger partial charge in [0.05, 0.1) is 6.61 Å². The molecule has 1 aliphatic rings. The van der Waals surface area contributed by atoms with Crippen LogP contribution in [0.4, 0.5) is 0 Å². The summed E-state index contributed by atoms with van der Waals surface area (Å²) in [5.74, 6) is 1.72. The lowest BCUT2D eigenvalue weighted by Gasteiger charge is -2.22. The van der Waals surface area contributed by atoms with Gasteiger partial charge < -0.3 is 10.1 Å². The smallest absolute Gasteiger partial charge is 0.119 e. The Kier molecular flexibility index (Phi) is 3.52. The number of nitrogens with one attached hydrogen (secondary N) is 1. The van der Waals surface area contributed by atoms with Crippen molar-refractivity contribution in [3.63, 3.8) is 0 Å². The van der Waals surface area contributed by atoms with E-state index >= 15 is 0 Å². The molecule has 1 saturated heterocycles. The van der Waals surface area contributed by atoms with Crippen LogP contribution in [0, 0.1) is 0 Å². The predicted molar refractivity (Wildman–Crippen MR) is 77.8 cm³/mol. The molecule has 0 bridgehead atoms. The Morgan fingerprint density at radius 1 is 1.33 bits per heavy atom. The van der Waals surface area contributed by atoms with Gasteiger partial charge in [0.1, 0.15) is 5.75 Å². The second-order valence-corrected chi connectivity index (χ2v) is 5.72. The summed E-state index contributed by atoms with van der Waals surface area (Å²) in [6.45, 7) is 5.06. The molecule has 18 heavy (non-hydrogen) atoms. The maximum atomic E-state index is 5.62. The van der Waals surface area contributed by atoms with Gasteiger partial charge in [-0.05, 0) is 73.3 Å². The lowest BCUT2D eigenvalue weighted by Crippen LogP contribution is -2.26. The SMILES string of the molecule is CCOc1ccc2scc(C3CCNCC3)c2c1. The van der Waals surface area contributed by atoms with E-state index in [1.54, 1.807) is 0 Å². The Morgan fingerprint density at radius 2 is 2.17 bits per heavy atom. The fraction of sp³-hybridized carbons (Fsp3) is 0.467. The molecule has 3 heteroatoms. The largest absolute Gasteiger partial charge is 0.494 e. The average molecular weight is 261 g/mol. The lowest BCUT2D eigenvalue weighted by molar-refractivity contribution is 0.340. The zero-order chi connectivity index (χ0) is 12.4. The Morgan fingerprint density at radius 3 is 2.94 bits per heavy atom. The maximum absolute atomic E-state index is 5.62. The van der Waals surface area contributed by atoms with Crippen LogP contribution >= 0.6 is 11.3 Å². The van der Waals surface area contributed by atoms with Gasteiger partial charge in [0.2, 0.25) is 0 Å². The third kappa shape index (κ3) is 2.25. The Balaban J connectivity index is 1.97. The van der Waals surface area contributed by atoms with Crippen LogP contribution in [-0.4, -0.2) is 19.7 Å². The summed E-state index contributed by atoms with van der Waals surface area (Å²) in [6, 6.07) is 6.48. The van der Waals surface area contributed by atoms with E-state index in [0.29, 0.717) is 0 Å². The first-order valence-electron chi connectivity index (χ1n) is 6.73. The maximum Gasteiger partial charge on any atom is 0.119 e. The van der Waals surface area contributed by atoms with Gasteiger partial charge in [-0.1, -0.05) is 0 Å². The number of rotatable bonds is 3. The van der Waals surface area contributed by atoms with E-state index in [2.05, 4.69) is 28.9 Å². The van der Waals surface area contributed by atoms with Gasteiger partial charge in [0.25, 0.3) is 0 Å². The van der Waals surface area contributed by atoms with E-state index < -0.39 is 0 Å². The summed E-state index contributed by atoms with van der Waals surface area (Å²) in [4.78, 5) is 0. The van der Waals surface area contributed by atoms with Gasteiger partial charge in [-0.15, -0.1) is 11.3 Å². The molecule has 2 nitrogen and oxygen atoms in total. The number of piperidine rings is 1. The number of hydrogen-bond acceptors (Lipinski definition) is 3. The molecular formula is C15H19NOS. The minimum absolute atomic E-state index is 0.719. The number of ether oxygens (including phenoxy) is 1. The molecule has 96 valence electrons. The topological polar surface area (TPSA) is 21.3 Å². The molecule has 0 amide bonds. The minimum Gasteiger partial charge on any atom is -0.494 e. The predicted octanol–water partition coefficient (Wildman–Crippen LogP) is 3.77. The molecule has 0 aliphatic carbocycles. The Bertz CT molecular complexity index is 528. The second-order valence-electron chi connectivity index (χ2n) is 4.81. The fourth-order valence-corrected chi connectivity index (χ4v) is 3.76. The summed E-state index contributed by atoms with van der Waals surface area (Å²) in [6.07, 6.45) is 2.51. The van der Waals surface area contributed by atoms with Crippen molar-refractivity contribution in [2.45, 2.75) is 25.7 Å². The van der Waals surface area contributed by atoms with Crippen molar-refractivity contribution < 1.29 is 4.74 Å². The number of thiophene rings is 1. The quantitative estimate of drug-likeness (QED) is 0.908. The fourth-order valence-electron chi connectivity index (χ4n) is 2.73. The standard InChI is InChI=1S/C15H19NOS/c1-2-17-12-3-4-15-13(9-12)14(10-18-15)11-5-7-16-8-6-11/h3-4,9-11,16H,2,5-8H2,1H3. The molecule has 2 aromatic rings. The molecule has 1 fully saturated rings. The first-order valence-corrected chi connectivity index (χ1v) is 7.61. The molecule has 1 N–H and O–H groups in total. The van der Waals surface area contributed by atoms with E-state index in [9.17, 15) is 0 Å². The van der Waals surface area contributed by atoms with Gasteiger partial charge in [0.15, 0.2) is 0 Å². The second kappa shape index (κ2) is 5.29. The molecule has 1 aromatic carbocycles. The van der Waals surface area contributed by atoms with Crippen molar-refractivity contribution in [1.82, 2.24) is 5.32 Å². The number of benzene rings is 1. The highest BCUT2D eigenvalue weighted by Gasteiger charge is 2.18. The molecule has 0 atom stereocenters. The molecule has 1 aromatic heterocycles. The normalized spacial score (nSPS) is 17.2. The average Bonchev–Trinajstić information content (AvgIpc) is 2.83. The lowest BCUT2D eigenvalue weighted by atomic mass is 9.90. The molecule has 0 radical (unpaired) electrons. The van der Waals surface area contributed by atoms with E-state index in [4.69, 9.17) is 4.74 Å². The van der Waals surface area contributed by atoms with Crippen molar-refractivity contribution in [2.75, 3.05) is 19.7 Å².